The highest BCUT2D eigenvalue weighted by Gasteiger charge is 2.47. The van der Waals surface area contributed by atoms with Crippen LogP contribution in [0.4, 0.5) is 26.3 Å². The molecule has 1 saturated heterocycles. The largest absolute Gasteiger partial charge is 0.490 e. The van der Waals surface area contributed by atoms with Crippen LogP contribution >= 0.6 is 0 Å². The molecule has 204 valence electrons. The minimum atomic E-state index is -5.08. The minimum absolute atomic E-state index is 0.0425. The molecule has 1 aromatic rings. The predicted octanol–water partition coefficient (Wildman–Crippen LogP) is 2.00. The zero-order valence-corrected chi connectivity index (χ0v) is 19.1. The second kappa shape index (κ2) is 11.5. The third-order valence-corrected chi connectivity index (χ3v) is 5.75. The van der Waals surface area contributed by atoms with Gasteiger partial charge in [-0.15, -0.1) is 0 Å². The molecule has 4 rings (SSSR count). The van der Waals surface area contributed by atoms with Gasteiger partial charge in [0.2, 0.25) is 0 Å². The summed E-state index contributed by atoms with van der Waals surface area (Å²) in [6, 6.07) is 0. The maximum absolute atomic E-state index is 12.1. The Kier molecular flexibility index (Phi) is 9.34. The van der Waals surface area contributed by atoms with Crippen molar-refractivity contribution in [2.45, 2.75) is 56.3 Å². The number of piperidine rings is 1. The molecule has 0 bridgehead atoms. The summed E-state index contributed by atoms with van der Waals surface area (Å²) in [5.41, 5.74) is -0.390. The monoisotopic (exact) mass is 532 g/mol. The Morgan fingerprint density at radius 3 is 2.00 bits per heavy atom. The second-order valence-corrected chi connectivity index (χ2v) is 8.47. The number of aromatic nitrogens is 2. The number of carboxylic acids is 2. The van der Waals surface area contributed by atoms with Crippen LogP contribution < -0.4 is 5.32 Å². The number of amides is 1. The highest BCUT2D eigenvalue weighted by Crippen LogP contribution is 2.41. The molecule has 3 N–H and O–H groups in total. The highest BCUT2D eigenvalue weighted by atomic mass is 19.4. The van der Waals surface area contributed by atoms with Gasteiger partial charge in [0.05, 0.1) is 6.54 Å². The lowest BCUT2D eigenvalue weighted by Crippen LogP contribution is -2.53. The fourth-order valence-corrected chi connectivity index (χ4v) is 3.80. The fraction of sp³-hybridized carbons (Fsp3) is 0.700. The lowest BCUT2D eigenvalue weighted by Gasteiger charge is -2.45. The quantitative estimate of drug-likeness (QED) is 0.504. The van der Waals surface area contributed by atoms with Gasteiger partial charge >= 0.3 is 24.3 Å². The van der Waals surface area contributed by atoms with Crippen molar-refractivity contribution < 1.29 is 55.7 Å². The van der Waals surface area contributed by atoms with Crippen molar-refractivity contribution in [3.05, 3.63) is 18.2 Å². The van der Waals surface area contributed by atoms with Gasteiger partial charge in [-0.05, 0) is 31.6 Å². The fourth-order valence-electron chi connectivity index (χ4n) is 3.80. The van der Waals surface area contributed by atoms with Crippen molar-refractivity contribution in [3.63, 3.8) is 0 Å². The van der Waals surface area contributed by atoms with Gasteiger partial charge in [-0.1, -0.05) is 0 Å². The Morgan fingerprint density at radius 1 is 1.08 bits per heavy atom. The van der Waals surface area contributed by atoms with Crippen LogP contribution in [-0.4, -0.2) is 87.6 Å². The predicted molar refractivity (Wildman–Crippen MR) is 109 cm³/mol. The summed E-state index contributed by atoms with van der Waals surface area (Å²) in [6.07, 6.45) is -2.17. The van der Waals surface area contributed by atoms with Gasteiger partial charge in [-0.25, -0.2) is 14.6 Å². The van der Waals surface area contributed by atoms with Crippen LogP contribution in [-0.2, 0) is 31.3 Å². The number of aliphatic carboxylic acids is 2. The van der Waals surface area contributed by atoms with Gasteiger partial charge in [0, 0.05) is 39.1 Å². The topological polar surface area (TPSA) is 134 Å². The maximum atomic E-state index is 12.1. The van der Waals surface area contributed by atoms with Crippen LogP contribution in [0.15, 0.2) is 12.4 Å². The van der Waals surface area contributed by atoms with E-state index >= 15 is 0 Å². The van der Waals surface area contributed by atoms with E-state index in [0.29, 0.717) is 6.54 Å². The first kappa shape index (κ1) is 29.4. The molecule has 1 amide bonds. The van der Waals surface area contributed by atoms with E-state index in [-0.39, 0.29) is 11.5 Å². The van der Waals surface area contributed by atoms with E-state index in [0.717, 1.165) is 37.7 Å². The van der Waals surface area contributed by atoms with E-state index in [1.54, 1.807) is 7.05 Å². The van der Waals surface area contributed by atoms with E-state index in [1.807, 2.05) is 12.4 Å². The van der Waals surface area contributed by atoms with Gasteiger partial charge in [0.25, 0.3) is 5.91 Å². The highest BCUT2D eigenvalue weighted by molar-refractivity contribution is 5.80. The number of imidazole rings is 1. The molecule has 10 nitrogen and oxygen atoms in total. The molecule has 1 spiro atoms. The summed E-state index contributed by atoms with van der Waals surface area (Å²) in [5.74, 6) is -3.64. The Labute approximate surface area is 201 Å². The molecule has 36 heavy (non-hydrogen) atoms. The summed E-state index contributed by atoms with van der Waals surface area (Å²) in [4.78, 5) is 36.9. The van der Waals surface area contributed by atoms with Gasteiger partial charge in [0.1, 0.15) is 11.4 Å². The molecule has 3 aliphatic rings. The first-order valence-corrected chi connectivity index (χ1v) is 10.8. The zero-order chi connectivity index (χ0) is 27.3. The first-order valence-electron chi connectivity index (χ1n) is 10.8. The van der Waals surface area contributed by atoms with E-state index in [9.17, 15) is 31.1 Å². The van der Waals surface area contributed by atoms with Crippen LogP contribution in [0.3, 0.4) is 0 Å². The number of likely N-dealkylation sites (tertiary alicyclic amines) is 1. The zero-order valence-electron chi connectivity index (χ0n) is 19.1. The molecule has 1 aliphatic carbocycles. The van der Waals surface area contributed by atoms with Gasteiger partial charge < -0.3 is 29.7 Å². The van der Waals surface area contributed by atoms with Crippen LogP contribution in [0.1, 0.15) is 31.5 Å². The van der Waals surface area contributed by atoms with Crippen molar-refractivity contribution in [3.8, 4) is 0 Å². The molecule has 0 aromatic carbocycles. The Hall–Kier alpha value is -2.88. The molecule has 0 radical (unpaired) electrons. The Bertz CT molecular complexity index is 899. The molecular formula is C20H26F6N4O6. The van der Waals surface area contributed by atoms with Crippen molar-refractivity contribution in [1.82, 2.24) is 19.8 Å². The van der Waals surface area contributed by atoms with Crippen LogP contribution in [0.2, 0.25) is 0 Å². The number of nitrogens with zero attached hydrogens (tertiary/aromatic N) is 3. The number of carbonyl (C=O) groups excluding carboxylic acids is 1. The van der Waals surface area contributed by atoms with E-state index in [2.05, 4.69) is 19.8 Å². The maximum Gasteiger partial charge on any atom is 0.490 e. The van der Waals surface area contributed by atoms with Crippen molar-refractivity contribution in [2.24, 2.45) is 5.92 Å². The average molecular weight is 532 g/mol. The molecule has 3 heterocycles. The second-order valence-electron chi connectivity index (χ2n) is 8.47. The molecule has 1 unspecified atom stereocenters. The number of hydrogen-bond acceptors (Lipinski definition) is 6. The standard InChI is InChI=1S/C16H24N4O2.2C2HF3O2/c1-17-14(21)13-11-20-9-6-18-15(20)16(22-13)4-7-19(8-5-16)10-12-2-3-12;2*3-2(4,5)1(6)7/h6,9,12-13H,2-5,7-8,10-11H2,1H3,(H,17,21);2*(H,6,7). The van der Waals surface area contributed by atoms with Crippen molar-refractivity contribution >= 4 is 17.8 Å². The number of nitrogens with one attached hydrogen (secondary N) is 1. The average Bonchev–Trinajstić information content (AvgIpc) is 3.46. The minimum Gasteiger partial charge on any atom is -0.475 e. The number of carboxylic acid groups (broad SMARTS) is 2. The number of alkyl halides is 6. The summed E-state index contributed by atoms with van der Waals surface area (Å²) in [5, 5.41) is 17.0. The van der Waals surface area contributed by atoms with E-state index in [1.165, 1.54) is 19.4 Å². The van der Waals surface area contributed by atoms with E-state index in [4.69, 9.17) is 24.5 Å². The molecule has 2 fully saturated rings. The lowest BCUT2D eigenvalue weighted by atomic mass is 9.88. The number of ether oxygens (including phenoxy) is 1. The lowest BCUT2D eigenvalue weighted by molar-refractivity contribution is -0.193. The van der Waals surface area contributed by atoms with Crippen molar-refractivity contribution in [1.29, 1.82) is 0 Å². The molecule has 1 saturated carbocycles. The normalized spacial score (nSPS) is 21.2. The number of fused-ring (bicyclic) bond motifs is 2. The SMILES string of the molecule is CNC(=O)C1Cn2ccnc2C2(CCN(CC3CC3)CC2)O1.O=C(O)C(F)(F)F.O=C(O)C(F)(F)F. The van der Waals surface area contributed by atoms with Gasteiger partial charge in [0.15, 0.2) is 6.10 Å². The molecular weight excluding hydrogens is 506 g/mol. The summed E-state index contributed by atoms with van der Waals surface area (Å²) in [7, 11) is 1.67. The summed E-state index contributed by atoms with van der Waals surface area (Å²) >= 11 is 0. The Morgan fingerprint density at radius 2 is 1.58 bits per heavy atom. The molecule has 1 atom stereocenters. The number of likely N-dealkylation sites (N-methyl/N-ethyl adjacent to an activating group) is 1. The molecule has 1 aromatic heterocycles. The van der Waals surface area contributed by atoms with Crippen LogP contribution in [0.25, 0.3) is 0 Å². The van der Waals surface area contributed by atoms with Gasteiger partial charge in [-0.2, -0.15) is 26.3 Å². The Balaban J connectivity index is 0.000000271. The van der Waals surface area contributed by atoms with Gasteiger partial charge in [-0.3, -0.25) is 4.79 Å². The van der Waals surface area contributed by atoms with Crippen LogP contribution in [0.5, 0.6) is 0 Å². The molecule has 2 aliphatic heterocycles. The summed E-state index contributed by atoms with van der Waals surface area (Å²) < 4.78 is 71.9. The number of carbonyl (C=O) groups is 3. The smallest absolute Gasteiger partial charge is 0.475 e. The number of halogens is 6. The van der Waals surface area contributed by atoms with E-state index < -0.39 is 30.4 Å². The number of hydrogen-bond donors (Lipinski definition) is 3. The van der Waals surface area contributed by atoms with Crippen molar-refractivity contribution in [2.75, 3.05) is 26.7 Å². The summed E-state index contributed by atoms with van der Waals surface area (Å²) in [6.45, 7) is 3.85. The number of rotatable bonds is 3. The molecule has 16 heteroatoms. The third kappa shape index (κ3) is 8.08. The van der Waals surface area contributed by atoms with Crippen LogP contribution in [0, 0.1) is 5.92 Å². The third-order valence-electron chi connectivity index (χ3n) is 5.75. The first-order chi connectivity index (χ1) is 16.6.